The fraction of sp³-hybridized carbons (Fsp3) is 0.406. The highest BCUT2D eigenvalue weighted by Crippen LogP contribution is 2.43. The summed E-state index contributed by atoms with van der Waals surface area (Å²) in [6.07, 6.45) is 9.64. The van der Waals surface area contributed by atoms with Crippen LogP contribution in [-0.2, 0) is 6.42 Å². The minimum atomic E-state index is -1.16. The summed E-state index contributed by atoms with van der Waals surface area (Å²) in [6.45, 7) is 2.25. The van der Waals surface area contributed by atoms with Crippen LogP contribution >= 0.6 is 23.1 Å². The van der Waals surface area contributed by atoms with Crippen molar-refractivity contribution in [3.8, 4) is 5.75 Å². The number of aliphatic hydroxyl groups is 1. The topological polar surface area (TPSA) is 46.5 Å². The minimum Gasteiger partial charge on any atom is -0.485 e. The predicted octanol–water partition coefficient (Wildman–Crippen LogP) is 8.45. The molecule has 1 aliphatic heterocycles. The van der Waals surface area contributed by atoms with E-state index in [1.165, 1.54) is 58.7 Å². The van der Waals surface area contributed by atoms with Gasteiger partial charge in [0.2, 0.25) is 0 Å². The largest absolute Gasteiger partial charge is 0.485 e. The third-order valence-electron chi connectivity index (χ3n) is 7.59. The van der Waals surface area contributed by atoms with Crippen LogP contribution in [0.4, 0.5) is 0 Å². The molecule has 37 heavy (non-hydrogen) atoms. The Hall–Kier alpha value is -2.34. The Labute approximate surface area is 229 Å². The van der Waals surface area contributed by atoms with Gasteiger partial charge in [0.1, 0.15) is 18.0 Å². The van der Waals surface area contributed by atoms with E-state index in [9.17, 15) is 9.90 Å². The van der Waals surface area contributed by atoms with Crippen LogP contribution in [0, 0.1) is 5.92 Å². The normalized spacial score (nSPS) is 18.2. The summed E-state index contributed by atoms with van der Waals surface area (Å²) < 4.78 is 6.77. The number of aliphatic hydroxyl groups excluding tert-OH is 1. The number of thiophene rings is 1. The molecule has 3 nitrogen and oxygen atoms in total. The van der Waals surface area contributed by atoms with E-state index in [0.717, 1.165) is 24.3 Å². The van der Waals surface area contributed by atoms with E-state index in [4.69, 9.17) is 4.74 Å². The third kappa shape index (κ3) is 6.22. The molecule has 0 saturated heterocycles. The number of ketones is 1. The first-order chi connectivity index (χ1) is 18.1. The molecule has 0 radical (unpaired) electrons. The highest BCUT2D eigenvalue weighted by molar-refractivity contribution is 7.99. The van der Waals surface area contributed by atoms with Gasteiger partial charge < -0.3 is 9.84 Å². The lowest BCUT2D eigenvalue weighted by Gasteiger charge is -2.31. The lowest BCUT2D eigenvalue weighted by atomic mass is 9.82. The first-order valence-corrected chi connectivity index (χ1v) is 15.5. The van der Waals surface area contributed by atoms with E-state index in [1.54, 1.807) is 24.3 Å². The standard InChI is InChI=1S/C32H36O3S2/c1-2-28-27(21-29(37-28)22-17-19-36-20-18-22)32(25-11-7-4-8-12-25)35-26-15-13-24(14-16-26)31(34)30(33)23-9-5-3-6-10-23/h3,5-6,9-10,13-17,21,25,30,32-33H,2,4,7-8,11-12,18-20H2,1H3. The number of Topliss-reactive ketones (excluding diaryl/α,β-unsaturated/α-hetero) is 1. The molecule has 5 heteroatoms. The number of hydrogen-bond donors (Lipinski definition) is 1. The average molecular weight is 533 g/mol. The maximum Gasteiger partial charge on any atom is 0.195 e. The van der Waals surface area contributed by atoms with Gasteiger partial charge in [0.25, 0.3) is 0 Å². The Morgan fingerprint density at radius 1 is 1.05 bits per heavy atom. The molecular weight excluding hydrogens is 496 g/mol. The summed E-state index contributed by atoms with van der Waals surface area (Å²) in [6, 6.07) is 18.9. The van der Waals surface area contributed by atoms with Crippen molar-refractivity contribution in [1.82, 2.24) is 0 Å². The van der Waals surface area contributed by atoms with Gasteiger partial charge in [0.15, 0.2) is 5.78 Å². The number of rotatable bonds is 9. The third-order valence-corrected chi connectivity index (χ3v) is 9.86. The molecule has 0 bridgehead atoms. The molecule has 3 aromatic rings. The van der Waals surface area contributed by atoms with Crippen molar-refractivity contribution in [1.29, 1.82) is 0 Å². The van der Waals surface area contributed by atoms with Gasteiger partial charge in [-0.3, -0.25) is 4.79 Å². The average Bonchev–Trinajstić information content (AvgIpc) is 3.41. The fourth-order valence-corrected chi connectivity index (χ4v) is 7.56. The van der Waals surface area contributed by atoms with Crippen molar-refractivity contribution in [2.24, 2.45) is 5.92 Å². The second-order valence-electron chi connectivity index (χ2n) is 10.0. The Morgan fingerprint density at radius 2 is 1.81 bits per heavy atom. The second-order valence-corrected chi connectivity index (χ2v) is 12.3. The van der Waals surface area contributed by atoms with Crippen molar-refractivity contribution in [3.63, 3.8) is 0 Å². The smallest absolute Gasteiger partial charge is 0.195 e. The first-order valence-electron chi connectivity index (χ1n) is 13.6. The Kier molecular flexibility index (Phi) is 8.85. The highest BCUT2D eigenvalue weighted by atomic mass is 32.2. The van der Waals surface area contributed by atoms with Crippen molar-refractivity contribution in [2.75, 3.05) is 11.5 Å². The monoisotopic (exact) mass is 532 g/mol. The molecule has 1 saturated carbocycles. The summed E-state index contributed by atoms with van der Waals surface area (Å²) in [4.78, 5) is 15.7. The quantitative estimate of drug-likeness (QED) is 0.281. The van der Waals surface area contributed by atoms with Gasteiger partial charge in [-0.05, 0) is 72.9 Å². The molecule has 1 fully saturated rings. The molecule has 2 atom stereocenters. The van der Waals surface area contributed by atoms with Gasteiger partial charge in [0.05, 0.1) is 0 Å². The second kappa shape index (κ2) is 12.5. The van der Waals surface area contributed by atoms with E-state index in [0.29, 0.717) is 17.0 Å². The number of benzene rings is 2. The molecule has 194 valence electrons. The van der Waals surface area contributed by atoms with E-state index < -0.39 is 6.10 Å². The van der Waals surface area contributed by atoms with Gasteiger partial charge in [-0.2, -0.15) is 11.8 Å². The van der Waals surface area contributed by atoms with Gasteiger partial charge in [-0.25, -0.2) is 0 Å². The van der Waals surface area contributed by atoms with Gasteiger partial charge in [-0.1, -0.05) is 62.6 Å². The number of carbonyl (C=O) groups is 1. The van der Waals surface area contributed by atoms with Crippen LogP contribution in [0.15, 0.2) is 66.7 Å². The molecule has 2 aromatic carbocycles. The molecule has 2 aliphatic rings. The number of thioether (sulfide) groups is 1. The van der Waals surface area contributed by atoms with Crippen LogP contribution in [0.2, 0.25) is 0 Å². The van der Waals surface area contributed by atoms with Crippen LogP contribution in [0.25, 0.3) is 5.57 Å². The van der Waals surface area contributed by atoms with Crippen LogP contribution < -0.4 is 4.74 Å². The summed E-state index contributed by atoms with van der Waals surface area (Å²) in [5, 5.41) is 10.6. The minimum absolute atomic E-state index is 0.0234. The summed E-state index contributed by atoms with van der Waals surface area (Å²) in [5.41, 5.74) is 3.95. The molecule has 0 spiro atoms. The Bertz CT molecular complexity index is 1210. The maximum absolute atomic E-state index is 12.9. The summed E-state index contributed by atoms with van der Waals surface area (Å²) in [5.74, 6) is 3.29. The maximum atomic E-state index is 12.9. The lowest BCUT2D eigenvalue weighted by molar-refractivity contribution is 0.0747. The van der Waals surface area contributed by atoms with Gasteiger partial charge in [0, 0.05) is 32.6 Å². The molecule has 1 aromatic heterocycles. The van der Waals surface area contributed by atoms with E-state index in [1.807, 2.05) is 53.4 Å². The van der Waals surface area contributed by atoms with Crippen LogP contribution in [0.3, 0.4) is 0 Å². The van der Waals surface area contributed by atoms with E-state index in [-0.39, 0.29) is 11.9 Å². The number of carbonyl (C=O) groups excluding carboxylic acids is 1. The van der Waals surface area contributed by atoms with Gasteiger partial charge >= 0.3 is 0 Å². The number of ether oxygens (including phenoxy) is 1. The van der Waals surface area contributed by atoms with E-state index >= 15 is 0 Å². The molecule has 1 N–H and O–H groups in total. The number of aryl methyl sites for hydroxylation is 1. The van der Waals surface area contributed by atoms with Crippen LogP contribution in [0.1, 0.15) is 88.9 Å². The Balaban J connectivity index is 1.39. The molecular formula is C32H36O3S2. The zero-order valence-corrected chi connectivity index (χ0v) is 23.2. The highest BCUT2D eigenvalue weighted by Gasteiger charge is 2.30. The molecule has 1 aliphatic carbocycles. The van der Waals surface area contributed by atoms with Crippen molar-refractivity contribution in [3.05, 3.63) is 93.2 Å². The SMILES string of the molecule is CCc1sc(C2=CCSCC2)cc1C(Oc1ccc(C(=O)C(O)c2ccccc2)cc1)C1CCCCC1. The van der Waals surface area contributed by atoms with E-state index in [2.05, 4.69) is 19.1 Å². The molecule has 5 rings (SSSR count). The van der Waals surface area contributed by atoms with Crippen molar-refractivity contribution in [2.45, 2.75) is 64.1 Å². The molecule has 2 unspecified atom stereocenters. The number of allylic oxidation sites excluding steroid dienone is 1. The van der Waals surface area contributed by atoms with Crippen LogP contribution in [-0.4, -0.2) is 22.4 Å². The zero-order valence-electron chi connectivity index (χ0n) is 21.5. The molecule has 0 amide bonds. The van der Waals surface area contributed by atoms with Gasteiger partial charge in [-0.15, -0.1) is 11.3 Å². The number of hydrogen-bond acceptors (Lipinski definition) is 5. The van der Waals surface area contributed by atoms with Crippen molar-refractivity contribution >= 4 is 34.5 Å². The summed E-state index contributed by atoms with van der Waals surface area (Å²) >= 11 is 3.95. The summed E-state index contributed by atoms with van der Waals surface area (Å²) in [7, 11) is 0. The molecule has 2 heterocycles. The van der Waals surface area contributed by atoms with Crippen LogP contribution in [0.5, 0.6) is 5.75 Å². The predicted molar refractivity (Wildman–Crippen MR) is 156 cm³/mol. The lowest BCUT2D eigenvalue weighted by Crippen LogP contribution is -2.22. The Morgan fingerprint density at radius 3 is 2.49 bits per heavy atom. The first kappa shape index (κ1) is 26.3. The zero-order chi connectivity index (χ0) is 25.6. The van der Waals surface area contributed by atoms with Crippen molar-refractivity contribution < 1.29 is 14.6 Å². The fourth-order valence-electron chi connectivity index (χ4n) is 5.51.